The van der Waals surface area contributed by atoms with E-state index in [0.29, 0.717) is 12.1 Å². The van der Waals surface area contributed by atoms with Crippen molar-refractivity contribution in [2.24, 2.45) is 0 Å². The van der Waals surface area contributed by atoms with E-state index in [9.17, 15) is 13.2 Å². The van der Waals surface area contributed by atoms with Gasteiger partial charge in [0.1, 0.15) is 9.77 Å². The van der Waals surface area contributed by atoms with Gasteiger partial charge in [-0.15, -0.1) is 11.3 Å². The molecule has 0 radical (unpaired) electrons. The van der Waals surface area contributed by atoms with Gasteiger partial charge in [-0.05, 0) is 24.9 Å². The Bertz CT molecular complexity index is 522. The van der Waals surface area contributed by atoms with Crippen molar-refractivity contribution in [2.45, 2.75) is 11.8 Å². The van der Waals surface area contributed by atoms with Gasteiger partial charge < -0.3 is 10.1 Å². The second-order valence-corrected chi connectivity index (χ2v) is 6.15. The number of likely N-dealkylation sites (N-methyl/N-ethyl adjacent to an activating group) is 1. The predicted octanol–water partition coefficient (Wildman–Crippen LogP) is 0.341. The molecule has 1 aromatic rings. The summed E-state index contributed by atoms with van der Waals surface area (Å²) >= 11 is 1.07. The summed E-state index contributed by atoms with van der Waals surface area (Å²) in [4.78, 5) is 11.6. The van der Waals surface area contributed by atoms with Gasteiger partial charge in [0.05, 0.1) is 7.11 Å². The van der Waals surface area contributed by atoms with Gasteiger partial charge in [-0.2, -0.15) is 0 Å². The highest BCUT2D eigenvalue weighted by atomic mass is 32.2. The maximum Gasteiger partial charge on any atom is 0.349 e. The van der Waals surface area contributed by atoms with Gasteiger partial charge in [-0.25, -0.2) is 17.9 Å². The summed E-state index contributed by atoms with van der Waals surface area (Å²) in [5.41, 5.74) is 0.539. The zero-order valence-corrected chi connectivity index (χ0v) is 12.1. The monoisotopic (exact) mass is 292 g/mol. The third kappa shape index (κ3) is 3.29. The van der Waals surface area contributed by atoms with E-state index >= 15 is 0 Å². The lowest BCUT2D eigenvalue weighted by molar-refractivity contribution is 0.0602. The molecule has 0 spiro atoms. The van der Waals surface area contributed by atoms with Crippen molar-refractivity contribution in [3.8, 4) is 0 Å². The first kappa shape index (κ1) is 15.1. The minimum atomic E-state index is -3.69. The molecule has 0 aromatic carbocycles. The molecule has 0 aliphatic heterocycles. The van der Waals surface area contributed by atoms with Crippen molar-refractivity contribution >= 4 is 27.3 Å². The van der Waals surface area contributed by atoms with Crippen molar-refractivity contribution in [1.29, 1.82) is 0 Å². The molecule has 0 fully saturated rings. The molecule has 0 amide bonds. The Kier molecular flexibility index (Phi) is 5.27. The predicted molar refractivity (Wildman–Crippen MR) is 69.5 cm³/mol. The molecule has 102 valence electrons. The lowest BCUT2D eigenvalue weighted by atomic mass is 10.3. The number of hydrogen-bond donors (Lipinski definition) is 2. The van der Waals surface area contributed by atoms with Crippen molar-refractivity contribution in [1.82, 2.24) is 10.0 Å². The van der Waals surface area contributed by atoms with E-state index in [0.717, 1.165) is 11.3 Å². The lowest BCUT2D eigenvalue weighted by Gasteiger charge is -2.08. The number of carbonyl (C=O) groups excluding carboxylic acids is 1. The van der Waals surface area contributed by atoms with Crippen LogP contribution in [0, 0.1) is 6.92 Å². The maximum atomic E-state index is 12.1. The third-order valence-corrected chi connectivity index (χ3v) is 5.08. The summed E-state index contributed by atoms with van der Waals surface area (Å²) in [6.07, 6.45) is 0. The van der Waals surface area contributed by atoms with E-state index in [1.807, 2.05) is 0 Å². The van der Waals surface area contributed by atoms with Crippen LogP contribution in [-0.4, -0.2) is 41.6 Å². The quantitative estimate of drug-likeness (QED) is 0.583. The Balaban J connectivity index is 3.07. The molecule has 2 N–H and O–H groups in total. The van der Waals surface area contributed by atoms with Crippen molar-refractivity contribution in [3.63, 3.8) is 0 Å². The molecular weight excluding hydrogens is 276 g/mol. The highest BCUT2D eigenvalue weighted by molar-refractivity contribution is 7.89. The number of hydrogen-bond acceptors (Lipinski definition) is 6. The zero-order valence-electron chi connectivity index (χ0n) is 10.4. The van der Waals surface area contributed by atoms with Gasteiger partial charge in [0.25, 0.3) is 0 Å². The second kappa shape index (κ2) is 6.28. The van der Waals surface area contributed by atoms with Crippen LogP contribution in [0.3, 0.4) is 0 Å². The van der Waals surface area contributed by atoms with E-state index in [4.69, 9.17) is 0 Å². The number of ether oxygens (including phenoxy) is 1. The van der Waals surface area contributed by atoms with Crippen molar-refractivity contribution < 1.29 is 17.9 Å². The first-order valence-corrected chi connectivity index (χ1v) is 7.61. The second-order valence-electron chi connectivity index (χ2n) is 3.57. The number of aryl methyl sites for hydroxylation is 1. The summed E-state index contributed by atoms with van der Waals surface area (Å²) in [7, 11) is -0.735. The van der Waals surface area contributed by atoms with Crippen molar-refractivity contribution in [3.05, 3.63) is 15.8 Å². The van der Waals surface area contributed by atoms with Gasteiger partial charge in [0.15, 0.2) is 0 Å². The Morgan fingerprint density at radius 1 is 1.44 bits per heavy atom. The number of thiophene rings is 1. The van der Waals surface area contributed by atoms with Crippen LogP contribution in [0.2, 0.25) is 0 Å². The van der Waals surface area contributed by atoms with E-state index < -0.39 is 16.0 Å². The lowest BCUT2D eigenvalue weighted by Crippen LogP contribution is -2.31. The number of sulfonamides is 1. The minimum Gasteiger partial charge on any atom is -0.465 e. The fourth-order valence-electron chi connectivity index (χ4n) is 1.38. The molecule has 8 heteroatoms. The Labute approximate surface area is 110 Å². The fourth-order valence-corrected chi connectivity index (χ4v) is 4.12. The Morgan fingerprint density at radius 2 is 2.11 bits per heavy atom. The molecule has 0 saturated carbocycles. The van der Waals surface area contributed by atoms with Gasteiger partial charge in [0.2, 0.25) is 10.0 Å². The summed E-state index contributed by atoms with van der Waals surface area (Å²) in [6, 6.07) is 0. The Morgan fingerprint density at radius 3 is 2.67 bits per heavy atom. The van der Waals surface area contributed by atoms with Gasteiger partial charge in [-0.1, -0.05) is 0 Å². The molecule has 1 heterocycles. The first-order valence-electron chi connectivity index (χ1n) is 5.24. The average Bonchev–Trinajstić information content (AvgIpc) is 2.71. The molecule has 0 bridgehead atoms. The molecule has 0 aliphatic carbocycles. The number of rotatable bonds is 6. The van der Waals surface area contributed by atoms with Crippen LogP contribution >= 0.6 is 11.3 Å². The van der Waals surface area contributed by atoms with E-state index in [1.54, 1.807) is 19.4 Å². The molecule has 0 atom stereocenters. The largest absolute Gasteiger partial charge is 0.465 e. The first-order chi connectivity index (χ1) is 8.44. The van der Waals surface area contributed by atoms with Crippen LogP contribution in [-0.2, 0) is 14.8 Å². The van der Waals surface area contributed by atoms with Crippen molar-refractivity contribution in [2.75, 3.05) is 27.2 Å². The number of nitrogens with one attached hydrogen (secondary N) is 2. The normalized spacial score (nSPS) is 11.5. The smallest absolute Gasteiger partial charge is 0.349 e. The SMILES string of the molecule is CNCCNS(=O)(=O)c1c(C)csc1C(=O)OC. The molecule has 18 heavy (non-hydrogen) atoms. The van der Waals surface area contributed by atoms with Gasteiger partial charge in [-0.3, -0.25) is 0 Å². The van der Waals surface area contributed by atoms with Crippen LogP contribution in [0.25, 0.3) is 0 Å². The molecule has 1 aromatic heterocycles. The standard InChI is InChI=1S/C10H16N2O4S2/c1-7-6-17-8(10(13)16-3)9(7)18(14,15)12-5-4-11-2/h6,11-12H,4-5H2,1-3H3. The highest BCUT2D eigenvalue weighted by Gasteiger charge is 2.26. The molecule has 0 saturated heterocycles. The summed E-state index contributed by atoms with van der Waals surface area (Å²) in [5, 5.41) is 4.46. The van der Waals surface area contributed by atoms with Crippen LogP contribution in [0.1, 0.15) is 15.2 Å². The molecule has 0 aliphatic rings. The van der Waals surface area contributed by atoms with E-state index in [1.165, 1.54) is 7.11 Å². The number of esters is 1. The topological polar surface area (TPSA) is 84.5 Å². The minimum absolute atomic E-state index is 0.00968. The maximum absolute atomic E-state index is 12.1. The summed E-state index contributed by atoms with van der Waals surface area (Å²) < 4.78 is 31.2. The Hall–Kier alpha value is -0.960. The van der Waals surface area contributed by atoms with Gasteiger partial charge >= 0.3 is 5.97 Å². The zero-order chi connectivity index (χ0) is 13.8. The highest BCUT2D eigenvalue weighted by Crippen LogP contribution is 2.27. The summed E-state index contributed by atoms with van der Waals surface area (Å²) in [5.74, 6) is -0.637. The number of methoxy groups -OCH3 is 1. The molecule has 6 nitrogen and oxygen atoms in total. The molecule has 1 rings (SSSR count). The van der Waals surface area contributed by atoms with Crippen LogP contribution in [0.5, 0.6) is 0 Å². The van der Waals surface area contributed by atoms with Gasteiger partial charge in [0, 0.05) is 13.1 Å². The van der Waals surface area contributed by atoms with E-state index in [2.05, 4.69) is 14.8 Å². The fraction of sp³-hybridized carbons (Fsp3) is 0.500. The third-order valence-electron chi connectivity index (χ3n) is 2.22. The van der Waals surface area contributed by atoms with Crippen LogP contribution in [0.15, 0.2) is 10.3 Å². The number of carbonyl (C=O) groups is 1. The summed E-state index contributed by atoms with van der Waals surface area (Å²) in [6.45, 7) is 2.42. The van der Waals surface area contributed by atoms with Crippen LogP contribution < -0.4 is 10.0 Å². The van der Waals surface area contributed by atoms with Crippen LogP contribution in [0.4, 0.5) is 0 Å². The molecule has 0 unspecified atom stereocenters. The average molecular weight is 292 g/mol. The van der Waals surface area contributed by atoms with E-state index in [-0.39, 0.29) is 16.3 Å². The molecular formula is C10H16N2O4S2.